The molecule has 0 spiro atoms. The van der Waals surface area contributed by atoms with Crippen molar-refractivity contribution in [2.75, 3.05) is 0 Å². The van der Waals surface area contributed by atoms with Gasteiger partial charge in [0.1, 0.15) is 0 Å². The van der Waals surface area contributed by atoms with Crippen LogP contribution in [0.2, 0.25) is 13.1 Å². The summed E-state index contributed by atoms with van der Waals surface area (Å²) in [4.78, 5) is 0. The van der Waals surface area contributed by atoms with Crippen LogP contribution < -0.4 is 5.19 Å². The molecule has 0 aliphatic heterocycles. The van der Waals surface area contributed by atoms with Gasteiger partial charge in [0.05, 0.1) is 8.07 Å². The van der Waals surface area contributed by atoms with Crippen molar-refractivity contribution in [2.24, 2.45) is 0 Å². The summed E-state index contributed by atoms with van der Waals surface area (Å²) < 4.78 is 8.51. The third-order valence-electron chi connectivity index (χ3n) is 2.84. The van der Waals surface area contributed by atoms with Crippen molar-refractivity contribution in [3.63, 3.8) is 0 Å². The predicted octanol–water partition coefficient (Wildman–Crippen LogP) is 3.38. The molecule has 0 aliphatic carbocycles. The summed E-state index contributed by atoms with van der Waals surface area (Å²) in [5, 5.41) is 1.35. The van der Waals surface area contributed by atoms with Gasteiger partial charge in [-0.1, -0.05) is 84.5 Å². The first-order valence-corrected chi connectivity index (χ1v) is 8.73. The summed E-state index contributed by atoms with van der Waals surface area (Å²) in [6, 6.07) is 20.6. The van der Waals surface area contributed by atoms with Crippen molar-refractivity contribution in [3.8, 4) is 0 Å². The van der Waals surface area contributed by atoms with E-state index in [0.717, 1.165) is 5.56 Å². The minimum absolute atomic E-state index is 0.105. The molecule has 0 bridgehead atoms. The zero-order valence-corrected chi connectivity index (χ0v) is 10.9. The first kappa shape index (κ1) is 9.85. The lowest BCUT2D eigenvalue weighted by atomic mass is 10.2. The van der Waals surface area contributed by atoms with Gasteiger partial charge >= 0.3 is 0 Å². The van der Waals surface area contributed by atoms with Crippen molar-refractivity contribution in [3.05, 3.63) is 66.2 Å². The smallest absolute Gasteiger partial charge is 0.0652 e. The van der Waals surface area contributed by atoms with Crippen LogP contribution >= 0.6 is 0 Å². The number of hydrogen-bond acceptors (Lipinski definition) is 0. The van der Waals surface area contributed by atoms with Gasteiger partial charge in [0, 0.05) is 1.37 Å². The molecule has 0 aliphatic rings. The van der Waals surface area contributed by atoms with Gasteiger partial charge in [0.25, 0.3) is 0 Å². The highest BCUT2D eigenvalue weighted by molar-refractivity contribution is 6.89. The second kappa shape index (κ2) is 4.66. The normalized spacial score (nSPS) is 14.2. The van der Waals surface area contributed by atoms with Crippen LogP contribution in [0.4, 0.5) is 0 Å². The van der Waals surface area contributed by atoms with Crippen molar-refractivity contribution in [2.45, 2.75) is 19.1 Å². The quantitative estimate of drug-likeness (QED) is 0.705. The fraction of sp³-hybridized carbons (Fsp3) is 0.200. The van der Waals surface area contributed by atoms with E-state index in [9.17, 15) is 0 Å². The van der Waals surface area contributed by atoms with Crippen LogP contribution in [0, 0.1) is 0 Å². The maximum atomic E-state index is 8.51. The molecule has 0 radical (unpaired) electrons. The Morgan fingerprint density at radius 2 is 1.38 bits per heavy atom. The highest BCUT2D eigenvalue weighted by atomic mass is 28.3. The maximum absolute atomic E-state index is 8.51. The molecule has 0 N–H and O–H groups in total. The summed E-state index contributed by atoms with van der Waals surface area (Å²) in [5.74, 6) is 0. The molecule has 0 aromatic heterocycles. The summed E-state index contributed by atoms with van der Waals surface area (Å²) in [7, 11) is -1.76. The molecule has 16 heavy (non-hydrogen) atoms. The second-order valence-corrected chi connectivity index (χ2v) is 8.95. The highest BCUT2D eigenvalue weighted by Gasteiger charge is 2.23. The summed E-state index contributed by atoms with van der Waals surface area (Å²) in [6.45, 7) is 4.54. The van der Waals surface area contributed by atoms with E-state index < -0.39 is 8.07 Å². The molecule has 0 nitrogen and oxygen atoms in total. The fourth-order valence-corrected chi connectivity index (χ4v) is 4.16. The molecule has 0 saturated heterocycles. The molecule has 0 amide bonds. The SMILES string of the molecule is [2H][C@@H](c1ccccc1)[Si](C)(C)c1ccccc1. The van der Waals surface area contributed by atoms with Crippen molar-refractivity contribution >= 4 is 13.3 Å². The van der Waals surface area contributed by atoms with Crippen LogP contribution in [0.25, 0.3) is 0 Å². The monoisotopic (exact) mass is 227 g/mol. The average molecular weight is 227 g/mol. The number of benzene rings is 2. The van der Waals surface area contributed by atoms with Gasteiger partial charge < -0.3 is 0 Å². The summed E-state index contributed by atoms with van der Waals surface area (Å²) >= 11 is 0. The lowest BCUT2D eigenvalue weighted by Gasteiger charge is -2.23. The molecule has 1 atom stereocenters. The van der Waals surface area contributed by atoms with Crippen LogP contribution in [0.1, 0.15) is 6.93 Å². The van der Waals surface area contributed by atoms with E-state index in [2.05, 4.69) is 49.5 Å². The van der Waals surface area contributed by atoms with Crippen LogP contribution in [0.15, 0.2) is 60.7 Å². The van der Waals surface area contributed by atoms with E-state index in [0.29, 0.717) is 0 Å². The average Bonchev–Trinajstić information content (AvgIpc) is 2.40. The third-order valence-corrected chi connectivity index (χ3v) is 5.72. The van der Waals surface area contributed by atoms with E-state index in [4.69, 9.17) is 1.37 Å². The molecule has 1 heteroatoms. The van der Waals surface area contributed by atoms with Gasteiger partial charge in [-0.25, -0.2) is 0 Å². The lowest BCUT2D eigenvalue weighted by Crippen LogP contribution is -2.43. The Labute approximate surface area is 100 Å². The third kappa shape index (κ3) is 2.61. The zero-order valence-electron chi connectivity index (χ0n) is 10.9. The Balaban J connectivity index is 2.33. The van der Waals surface area contributed by atoms with E-state index in [-0.39, 0.29) is 6.02 Å². The molecule has 2 aromatic rings. The summed E-state index contributed by atoms with van der Waals surface area (Å²) in [5.41, 5.74) is 1.13. The van der Waals surface area contributed by atoms with Gasteiger partial charge in [0.2, 0.25) is 0 Å². The van der Waals surface area contributed by atoms with Gasteiger partial charge in [-0.3, -0.25) is 0 Å². The summed E-state index contributed by atoms with van der Waals surface area (Å²) in [6.07, 6.45) is 0. The molecular weight excluding hydrogens is 208 g/mol. The lowest BCUT2D eigenvalue weighted by molar-refractivity contribution is 1.32. The maximum Gasteiger partial charge on any atom is 0.0849 e. The molecule has 0 fully saturated rings. The molecule has 0 saturated carbocycles. The van der Waals surface area contributed by atoms with E-state index in [1.807, 2.05) is 24.3 Å². The van der Waals surface area contributed by atoms with Crippen LogP contribution in [-0.4, -0.2) is 8.07 Å². The van der Waals surface area contributed by atoms with Gasteiger partial charge in [-0.05, 0) is 6.02 Å². The minimum atomic E-state index is -1.76. The number of hydrogen-bond donors (Lipinski definition) is 0. The van der Waals surface area contributed by atoms with Crippen LogP contribution in [0.3, 0.4) is 0 Å². The Kier molecular flexibility index (Phi) is 2.87. The standard InChI is InChI=1S/C15H18Si/c1-16(2,15-11-7-4-8-12-15)13-14-9-5-3-6-10-14/h3-12H,13H2,1-2H3/i13D/t13-/m0/s1. The Morgan fingerprint density at radius 1 is 0.875 bits per heavy atom. The minimum Gasteiger partial charge on any atom is -0.0652 e. The van der Waals surface area contributed by atoms with Crippen LogP contribution in [-0.2, 0) is 6.02 Å². The molecule has 0 heterocycles. The molecule has 82 valence electrons. The highest BCUT2D eigenvalue weighted by Crippen LogP contribution is 2.11. The topological polar surface area (TPSA) is 0 Å². The molecule has 2 rings (SSSR count). The molecule has 2 aromatic carbocycles. The Morgan fingerprint density at radius 3 is 1.94 bits per heavy atom. The zero-order chi connectivity index (χ0) is 12.3. The first-order valence-electron chi connectivity index (χ1n) is 6.23. The van der Waals surface area contributed by atoms with E-state index >= 15 is 0 Å². The fourth-order valence-electron chi connectivity index (χ4n) is 1.92. The Bertz CT molecular complexity index is 465. The second-order valence-electron chi connectivity index (χ2n) is 4.64. The van der Waals surface area contributed by atoms with Gasteiger partial charge in [-0.15, -0.1) is 0 Å². The first-order chi connectivity index (χ1) is 8.12. The molecule has 0 unspecified atom stereocenters. The van der Waals surface area contributed by atoms with Gasteiger partial charge in [-0.2, -0.15) is 0 Å². The van der Waals surface area contributed by atoms with Crippen molar-refractivity contribution in [1.29, 1.82) is 0 Å². The Hall–Kier alpha value is -1.34. The largest absolute Gasteiger partial charge is 0.0849 e. The van der Waals surface area contributed by atoms with E-state index in [1.54, 1.807) is 0 Å². The molecular formula is C15H18Si. The van der Waals surface area contributed by atoms with E-state index in [1.165, 1.54) is 5.19 Å². The number of rotatable bonds is 3. The predicted molar refractivity (Wildman–Crippen MR) is 73.7 cm³/mol. The van der Waals surface area contributed by atoms with Crippen LogP contribution in [0.5, 0.6) is 0 Å². The van der Waals surface area contributed by atoms with Crippen molar-refractivity contribution < 1.29 is 1.37 Å². The van der Waals surface area contributed by atoms with Gasteiger partial charge in [0.15, 0.2) is 0 Å². The van der Waals surface area contributed by atoms with Crippen molar-refractivity contribution in [1.82, 2.24) is 0 Å².